The topological polar surface area (TPSA) is 101 Å². The Morgan fingerprint density at radius 3 is 2.71 bits per heavy atom. The lowest BCUT2D eigenvalue weighted by Crippen LogP contribution is -2.08. The fourth-order valence-corrected chi connectivity index (χ4v) is 0.964. The van der Waals surface area contributed by atoms with E-state index in [0.29, 0.717) is 0 Å². The van der Waals surface area contributed by atoms with Crippen molar-refractivity contribution in [1.82, 2.24) is 9.97 Å². The summed E-state index contributed by atoms with van der Waals surface area (Å²) in [6.07, 6.45) is 2.29. The third-order valence-corrected chi connectivity index (χ3v) is 1.62. The van der Waals surface area contributed by atoms with Gasteiger partial charge in [0.2, 0.25) is 0 Å². The van der Waals surface area contributed by atoms with Crippen LogP contribution in [0.3, 0.4) is 0 Å². The van der Waals surface area contributed by atoms with Crippen LogP contribution in [0.2, 0.25) is 0 Å². The van der Waals surface area contributed by atoms with Gasteiger partial charge in [-0.15, -0.1) is 0 Å². The fourth-order valence-electron chi connectivity index (χ4n) is 0.680. The number of hydrogen-bond donors (Lipinski definition) is 2. The Bertz CT molecular complexity index is 353. The number of carbonyl (C=O) groups is 1. The summed E-state index contributed by atoms with van der Waals surface area (Å²) in [5.41, 5.74) is 0.0294. The quantitative estimate of drug-likeness (QED) is 0.537. The van der Waals surface area contributed by atoms with Gasteiger partial charge in [-0.2, -0.15) is 0 Å². The van der Waals surface area contributed by atoms with Crippen LogP contribution in [-0.4, -0.2) is 31.8 Å². The molecule has 0 saturated carbocycles. The lowest BCUT2D eigenvalue weighted by atomic mass is 10.4. The van der Waals surface area contributed by atoms with Crippen molar-refractivity contribution in [2.75, 3.05) is 11.8 Å². The number of hydrogen-bond acceptors (Lipinski definition) is 5. The number of rotatable bonds is 3. The predicted molar refractivity (Wildman–Crippen MR) is 47.8 cm³/mol. The molecule has 1 rings (SSSR count). The highest BCUT2D eigenvalue weighted by Gasteiger charge is 2.07. The SMILES string of the molecule is COC(=O)c1cnc(NS(=O)O)cn1. The van der Waals surface area contributed by atoms with Gasteiger partial charge < -0.3 is 4.74 Å². The Morgan fingerprint density at radius 1 is 1.57 bits per heavy atom. The lowest BCUT2D eigenvalue weighted by molar-refractivity contribution is 0.0593. The zero-order chi connectivity index (χ0) is 10.6. The molecule has 0 saturated heterocycles. The number of methoxy groups -OCH3 is 1. The fraction of sp³-hybridized carbons (Fsp3) is 0.167. The highest BCUT2D eigenvalue weighted by Crippen LogP contribution is 2.02. The number of ether oxygens (including phenoxy) is 1. The number of anilines is 1. The molecule has 0 radical (unpaired) electrons. The molecule has 0 bridgehead atoms. The van der Waals surface area contributed by atoms with Crippen LogP contribution in [0.1, 0.15) is 10.5 Å². The van der Waals surface area contributed by atoms with Crippen LogP contribution in [0.15, 0.2) is 12.4 Å². The molecule has 1 aromatic rings. The Hall–Kier alpha value is -1.54. The van der Waals surface area contributed by atoms with Crippen LogP contribution in [-0.2, 0) is 16.0 Å². The molecule has 0 fully saturated rings. The average Bonchev–Trinajstić information content (AvgIpc) is 2.17. The predicted octanol–water partition coefficient (Wildman–Crippen LogP) is -0.188. The van der Waals surface area contributed by atoms with Gasteiger partial charge in [-0.25, -0.2) is 19.0 Å². The van der Waals surface area contributed by atoms with E-state index in [0.717, 1.165) is 12.4 Å². The zero-order valence-corrected chi connectivity index (χ0v) is 7.95. The first-order valence-corrected chi connectivity index (χ1v) is 4.52. The minimum atomic E-state index is -2.20. The van der Waals surface area contributed by atoms with Gasteiger partial charge >= 0.3 is 5.97 Å². The Morgan fingerprint density at radius 2 is 2.29 bits per heavy atom. The minimum Gasteiger partial charge on any atom is -0.464 e. The van der Waals surface area contributed by atoms with E-state index in [1.54, 1.807) is 0 Å². The van der Waals surface area contributed by atoms with Crippen LogP contribution >= 0.6 is 0 Å². The summed E-state index contributed by atoms with van der Waals surface area (Å²) in [5.74, 6) is -0.521. The Kier molecular flexibility index (Phi) is 3.48. The van der Waals surface area contributed by atoms with Crippen molar-refractivity contribution >= 4 is 23.1 Å². The monoisotopic (exact) mass is 217 g/mol. The van der Waals surface area contributed by atoms with Crippen molar-refractivity contribution < 1.29 is 18.3 Å². The number of nitrogens with zero attached hydrogens (tertiary/aromatic N) is 2. The van der Waals surface area contributed by atoms with Gasteiger partial charge in [0.05, 0.1) is 19.5 Å². The molecule has 2 N–H and O–H groups in total. The van der Waals surface area contributed by atoms with Crippen molar-refractivity contribution in [2.24, 2.45) is 0 Å². The van der Waals surface area contributed by atoms with Gasteiger partial charge in [-0.05, 0) is 0 Å². The minimum absolute atomic E-state index is 0.0294. The second-order valence-corrected chi connectivity index (χ2v) is 2.83. The summed E-state index contributed by atoms with van der Waals surface area (Å²) in [4.78, 5) is 18.2. The van der Waals surface area contributed by atoms with Crippen molar-refractivity contribution in [3.63, 3.8) is 0 Å². The standard InChI is InChI=1S/C6H7N3O4S/c1-13-6(10)4-2-8-5(3-7-4)9-14(11)12/h2-3H,1H3,(H,8,9)(H,11,12). The van der Waals surface area contributed by atoms with E-state index in [9.17, 15) is 9.00 Å². The number of carbonyl (C=O) groups excluding carboxylic acids is 1. The van der Waals surface area contributed by atoms with E-state index in [-0.39, 0.29) is 11.5 Å². The summed E-state index contributed by atoms with van der Waals surface area (Å²) >= 11 is -2.20. The Balaban J connectivity index is 2.78. The van der Waals surface area contributed by atoms with E-state index in [2.05, 4.69) is 19.4 Å². The number of esters is 1. The average molecular weight is 217 g/mol. The summed E-state index contributed by atoms with van der Waals surface area (Å²) in [5, 5.41) is 0. The maximum absolute atomic E-state index is 10.9. The van der Waals surface area contributed by atoms with Crippen molar-refractivity contribution in [1.29, 1.82) is 0 Å². The molecule has 0 aromatic carbocycles. The third kappa shape index (κ3) is 2.75. The van der Waals surface area contributed by atoms with Crippen molar-refractivity contribution in [3.05, 3.63) is 18.1 Å². The molecule has 1 aromatic heterocycles. The molecule has 0 amide bonds. The van der Waals surface area contributed by atoms with Crippen LogP contribution in [0, 0.1) is 0 Å². The first-order valence-electron chi connectivity index (χ1n) is 3.41. The molecule has 0 aliphatic carbocycles. The molecule has 1 unspecified atom stereocenters. The second-order valence-electron chi connectivity index (χ2n) is 2.13. The highest BCUT2D eigenvalue weighted by molar-refractivity contribution is 7.80. The summed E-state index contributed by atoms with van der Waals surface area (Å²) in [6, 6.07) is 0. The van der Waals surface area contributed by atoms with Crippen molar-refractivity contribution in [2.45, 2.75) is 0 Å². The van der Waals surface area contributed by atoms with Gasteiger partial charge in [-0.3, -0.25) is 9.27 Å². The summed E-state index contributed by atoms with van der Waals surface area (Å²) in [6.45, 7) is 0. The molecule has 0 aliphatic rings. The zero-order valence-electron chi connectivity index (χ0n) is 7.13. The van der Waals surface area contributed by atoms with Gasteiger partial charge in [0, 0.05) is 0 Å². The number of nitrogens with one attached hydrogen (secondary N) is 1. The molecular weight excluding hydrogens is 210 g/mol. The summed E-state index contributed by atoms with van der Waals surface area (Å²) in [7, 11) is 1.22. The van der Waals surface area contributed by atoms with Crippen LogP contribution < -0.4 is 4.72 Å². The van der Waals surface area contributed by atoms with E-state index < -0.39 is 17.2 Å². The first kappa shape index (κ1) is 10.5. The van der Waals surface area contributed by atoms with Crippen LogP contribution in [0.4, 0.5) is 5.82 Å². The van der Waals surface area contributed by atoms with Gasteiger partial charge in [-0.1, -0.05) is 0 Å². The smallest absolute Gasteiger partial charge is 0.358 e. The largest absolute Gasteiger partial charge is 0.464 e. The molecule has 76 valence electrons. The molecule has 0 spiro atoms. The van der Waals surface area contributed by atoms with Gasteiger partial charge in [0.25, 0.3) is 11.3 Å². The number of aromatic nitrogens is 2. The van der Waals surface area contributed by atoms with Crippen LogP contribution in [0.25, 0.3) is 0 Å². The molecule has 14 heavy (non-hydrogen) atoms. The van der Waals surface area contributed by atoms with Crippen molar-refractivity contribution in [3.8, 4) is 0 Å². The first-order chi connectivity index (χ1) is 6.63. The normalized spacial score (nSPS) is 11.9. The molecule has 7 nitrogen and oxygen atoms in total. The van der Waals surface area contributed by atoms with E-state index in [4.69, 9.17) is 4.55 Å². The van der Waals surface area contributed by atoms with E-state index in [1.165, 1.54) is 7.11 Å². The van der Waals surface area contributed by atoms with Crippen LogP contribution in [0.5, 0.6) is 0 Å². The molecule has 8 heteroatoms. The van der Waals surface area contributed by atoms with Gasteiger partial charge in [0.15, 0.2) is 11.5 Å². The third-order valence-electron chi connectivity index (χ3n) is 1.24. The van der Waals surface area contributed by atoms with Gasteiger partial charge in [0.1, 0.15) is 0 Å². The molecular formula is C6H7N3O4S. The molecule has 0 aliphatic heterocycles. The maximum atomic E-state index is 10.9. The second kappa shape index (κ2) is 4.63. The highest BCUT2D eigenvalue weighted by atomic mass is 32.2. The maximum Gasteiger partial charge on any atom is 0.358 e. The van der Waals surface area contributed by atoms with E-state index >= 15 is 0 Å². The summed E-state index contributed by atoms with van der Waals surface area (Å²) < 4.78 is 25.2. The lowest BCUT2D eigenvalue weighted by Gasteiger charge is -2.00. The van der Waals surface area contributed by atoms with E-state index in [1.807, 2.05) is 0 Å². The Labute approximate surface area is 81.9 Å². The molecule has 1 heterocycles. The molecule has 1 atom stereocenters.